The van der Waals surface area contributed by atoms with Crippen molar-refractivity contribution < 1.29 is 18.0 Å². The summed E-state index contributed by atoms with van der Waals surface area (Å²) in [5.74, 6) is -0.718. The highest BCUT2D eigenvalue weighted by Gasteiger charge is 2.27. The van der Waals surface area contributed by atoms with Gasteiger partial charge in [0.05, 0.1) is 18.2 Å². The van der Waals surface area contributed by atoms with E-state index in [0.717, 1.165) is 0 Å². The number of anilines is 1. The summed E-state index contributed by atoms with van der Waals surface area (Å²) < 4.78 is 35.7. The number of amides is 1. The molecule has 0 radical (unpaired) electrons. The van der Waals surface area contributed by atoms with Crippen molar-refractivity contribution in [2.45, 2.75) is 6.18 Å². The monoisotopic (exact) mass is 271 g/mol. The maximum Gasteiger partial charge on any atom is 0.405 e. The predicted octanol–water partition coefficient (Wildman–Crippen LogP) is 1.67. The number of nitriles is 1. The fourth-order valence-electron chi connectivity index (χ4n) is 1.35. The lowest BCUT2D eigenvalue weighted by atomic mass is 10.2. The van der Waals surface area contributed by atoms with Crippen LogP contribution in [0, 0.1) is 11.3 Å². The molecule has 19 heavy (non-hydrogen) atoms. The number of carbonyl (C=O) groups excluding carboxylic acids is 1. The first-order chi connectivity index (χ1) is 8.81. The Labute approximate surface area is 108 Å². The molecule has 0 heterocycles. The number of carbonyl (C=O) groups is 1. The van der Waals surface area contributed by atoms with Gasteiger partial charge in [-0.15, -0.1) is 0 Å². The number of hydrogen-bond acceptors (Lipinski definition) is 3. The number of alkyl halides is 3. The molecule has 1 aromatic rings. The average Bonchev–Trinajstić information content (AvgIpc) is 2.35. The third-order valence-electron chi connectivity index (χ3n) is 2.30. The Morgan fingerprint density at radius 2 is 1.95 bits per heavy atom. The summed E-state index contributed by atoms with van der Waals surface area (Å²) in [5, 5.41) is 10.4. The molecule has 102 valence electrons. The Kier molecular flexibility index (Phi) is 4.75. The fourth-order valence-corrected chi connectivity index (χ4v) is 1.35. The van der Waals surface area contributed by atoms with Crippen LogP contribution in [0.4, 0.5) is 18.9 Å². The van der Waals surface area contributed by atoms with Crippen LogP contribution in [-0.4, -0.2) is 32.2 Å². The van der Waals surface area contributed by atoms with Gasteiger partial charge >= 0.3 is 6.18 Å². The first kappa shape index (κ1) is 14.8. The van der Waals surface area contributed by atoms with Crippen LogP contribution in [0.3, 0.4) is 0 Å². The zero-order chi connectivity index (χ0) is 14.5. The summed E-state index contributed by atoms with van der Waals surface area (Å²) >= 11 is 0. The number of nitrogens with one attached hydrogen (secondary N) is 1. The molecule has 0 aromatic heterocycles. The minimum atomic E-state index is -4.41. The zero-order valence-corrected chi connectivity index (χ0v) is 10.2. The molecule has 0 saturated carbocycles. The maximum atomic E-state index is 11.9. The number of benzene rings is 1. The summed E-state index contributed by atoms with van der Waals surface area (Å²) in [7, 11) is 1.58. The Hall–Kier alpha value is -2.23. The van der Waals surface area contributed by atoms with Crippen LogP contribution >= 0.6 is 0 Å². The molecule has 7 heteroatoms. The first-order valence-electron chi connectivity index (χ1n) is 5.36. The van der Waals surface area contributed by atoms with E-state index in [1.54, 1.807) is 36.6 Å². The predicted molar refractivity (Wildman–Crippen MR) is 63.5 cm³/mol. The van der Waals surface area contributed by atoms with Crippen molar-refractivity contribution in [1.82, 2.24) is 5.32 Å². The van der Waals surface area contributed by atoms with E-state index in [0.29, 0.717) is 11.3 Å². The molecule has 0 bridgehead atoms. The Morgan fingerprint density at radius 3 is 2.42 bits per heavy atom. The van der Waals surface area contributed by atoms with Crippen molar-refractivity contribution >= 4 is 11.6 Å². The highest BCUT2D eigenvalue weighted by atomic mass is 19.4. The minimum Gasteiger partial charge on any atom is -0.365 e. The van der Waals surface area contributed by atoms with E-state index in [-0.39, 0.29) is 6.54 Å². The third kappa shape index (κ3) is 5.29. The molecule has 0 saturated heterocycles. The van der Waals surface area contributed by atoms with Crippen LogP contribution in [0.1, 0.15) is 5.56 Å². The smallest absolute Gasteiger partial charge is 0.365 e. The van der Waals surface area contributed by atoms with E-state index in [1.165, 1.54) is 4.90 Å². The van der Waals surface area contributed by atoms with Crippen LogP contribution < -0.4 is 10.2 Å². The summed E-state index contributed by atoms with van der Waals surface area (Å²) in [5.41, 5.74) is 1.11. The Bertz CT molecular complexity index is 476. The SMILES string of the molecule is CN(CC(=O)NCC(F)(F)F)c1ccc(C#N)cc1. The van der Waals surface area contributed by atoms with E-state index in [4.69, 9.17) is 5.26 Å². The molecule has 1 amide bonds. The number of rotatable bonds is 4. The summed E-state index contributed by atoms with van der Waals surface area (Å²) in [6, 6.07) is 8.33. The second-order valence-corrected chi connectivity index (χ2v) is 3.91. The molecule has 0 aliphatic rings. The fraction of sp³-hybridized carbons (Fsp3) is 0.333. The summed E-state index contributed by atoms with van der Waals surface area (Å²) in [6.07, 6.45) is -4.41. The van der Waals surface area contributed by atoms with E-state index in [1.807, 2.05) is 6.07 Å². The van der Waals surface area contributed by atoms with Gasteiger partial charge in [-0.25, -0.2) is 0 Å². The van der Waals surface area contributed by atoms with Gasteiger partial charge in [-0.3, -0.25) is 4.79 Å². The molecule has 4 nitrogen and oxygen atoms in total. The molecule has 0 aliphatic heterocycles. The van der Waals surface area contributed by atoms with Gasteiger partial charge in [0, 0.05) is 12.7 Å². The number of nitrogens with zero attached hydrogens (tertiary/aromatic N) is 2. The highest BCUT2D eigenvalue weighted by Crippen LogP contribution is 2.14. The van der Waals surface area contributed by atoms with Gasteiger partial charge in [0.15, 0.2) is 0 Å². The van der Waals surface area contributed by atoms with Crippen molar-refractivity contribution in [2.75, 3.05) is 25.0 Å². The highest BCUT2D eigenvalue weighted by molar-refractivity contribution is 5.81. The van der Waals surface area contributed by atoms with Crippen LogP contribution in [0.5, 0.6) is 0 Å². The van der Waals surface area contributed by atoms with E-state index in [2.05, 4.69) is 0 Å². The van der Waals surface area contributed by atoms with E-state index >= 15 is 0 Å². The second kappa shape index (κ2) is 6.09. The van der Waals surface area contributed by atoms with E-state index in [9.17, 15) is 18.0 Å². The van der Waals surface area contributed by atoms with Crippen LogP contribution in [-0.2, 0) is 4.79 Å². The van der Waals surface area contributed by atoms with Gasteiger partial charge < -0.3 is 10.2 Å². The van der Waals surface area contributed by atoms with E-state index < -0.39 is 18.6 Å². The topological polar surface area (TPSA) is 56.1 Å². The Morgan fingerprint density at radius 1 is 1.37 bits per heavy atom. The molecule has 1 rings (SSSR count). The zero-order valence-electron chi connectivity index (χ0n) is 10.2. The van der Waals surface area contributed by atoms with Gasteiger partial charge in [-0.05, 0) is 24.3 Å². The summed E-state index contributed by atoms with van der Waals surface area (Å²) in [6.45, 7) is -1.53. The molecule has 0 spiro atoms. The van der Waals surface area contributed by atoms with Gasteiger partial charge in [-0.2, -0.15) is 18.4 Å². The standard InChI is InChI=1S/C12H12F3N3O/c1-18(7-11(19)17-8-12(13,14)15)10-4-2-9(6-16)3-5-10/h2-5H,7-8H2,1H3,(H,17,19). The lowest BCUT2D eigenvalue weighted by Crippen LogP contribution is -2.39. The molecular formula is C12H12F3N3O. The normalized spacial score (nSPS) is 10.7. The maximum absolute atomic E-state index is 11.9. The number of likely N-dealkylation sites (N-methyl/N-ethyl adjacent to an activating group) is 1. The molecule has 0 fully saturated rings. The number of hydrogen-bond donors (Lipinski definition) is 1. The summed E-state index contributed by atoms with van der Waals surface area (Å²) in [4.78, 5) is 12.8. The Balaban J connectivity index is 2.52. The third-order valence-corrected chi connectivity index (χ3v) is 2.30. The molecule has 0 atom stereocenters. The largest absolute Gasteiger partial charge is 0.405 e. The minimum absolute atomic E-state index is 0.192. The lowest BCUT2D eigenvalue weighted by molar-refractivity contribution is -0.137. The van der Waals surface area contributed by atoms with Crippen molar-refractivity contribution in [3.05, 3.63) is 29.8 Å². The van der Waals surface area contributed by atoms with Crippen molar-refractivity contribution in [3.63, 3.8) is 0 Å². The van der Waals surface area contributed by atoms with Gasteiger partial charge in [0.1, 0.15) is 6.54 Å². The van der Waals surface area contributed by atoms with Gasteiger partial charge in [0.25, 0.3) is 0 Å². The molecule has 0 aliphatic carbocycles. The van der Waals surface area contributed by atoms with Gasteiger partial charge in [-0.1, -0.05) is 0 Å². The molecule has 1 aromatic carbocycles. The quantitative estimate of drug-likeness (QED) is 0.906. The van der Waals surface area contributed by atoms with Crippen molar-refractivity contribution in [3.8, 4) is 6.07 Å². The van der Waals surface area contributed by atoms with Crippen molar-refractivity contribution in [2.24, 2.45) is 0 Å². The van der Waals surface area contributed by atoms with Crippen molar-refractivity contribution in [1.29, 1.82) is 5.26 Å². The van der Waals surface area contributed by atoms with Crippen LogP contribution in [0.15, 0.2) is 24.3 Å². The molecule has 1 N–H and O–H groups in total. The van der Waals surface area contributed by atoms with Crippen LogP contribution in [0.2, 0.25) is 0 Å². The van der Waals surface area contributed by atoms with Gasteiger partial charge in [0.2, 0.25) is 5.91 Å². The first-order valence-corrected chi connectivity index (χ1v) is 5.36. The average molecular weight is 271 g/mol. The van der Waals surface area contributed by atoms with Crippen LogP contribution in [0.25, 0.3) is 0 Å². The lowest BCUT2D eigenvalue weighted by Gasteiger charge is -2.19. The molecular weight excluding hydrogens is 259 g/mol. The second-order valence-electron chi connectivity index (χ2n) is 3.91. The molecule has 0 unspecified atom stereocenters. The number of halogens is 3.